The van der Waals surface area contributed by atoms with Crippen LogP contribution < -0.4 is 0 Å². The maximum atomic E-state index is 8.23. The predicted octanol–water partition coefficient (Wildman–Crippen LogP) is 3.85. The van der Waals surface area contributed by atoms with Crippen LogP contribution in [0.15, 0.2) is 17.2 Å². The van der Waals surface area contributed by atoms with Crippen molar-refractivity contribution in [2.24, 2.45) is 5.11 Å². The summed E-state index contributed by atoms with van der Waals surface area (Å²) in [5.74, 6) is 0. The van der Waals surface area contributed by atoms with Crippen LogP contribution in [0.1, 0.15) is 11.1 Å². The van der Waals surface area contributed by atoms with E-state index >= 15 is 0 Å². The highest BCUT2D eigenvalue weighted by Gasteiger charge is 1.99. The molecule has 1 aromatic carbocycles. The summed E-state index contributed by atoms with van der Waals surface area (Å²) >= 11 is 2.28. The molecule has 0 N–H and O–H groups in total. The lowest BCUT2D eigenvalue weighted by molar-refractivity contribution is 1.31. The van der Waals surface area contributed by atoms with Crippen molar-refractivity contribution in [3.8, 4) is 0 Å². The topological polar surface area (TPSA) is 48.8 Å². The van der Waals surface area contributed by atoms with E-state index in [-0.39, 0.29) is 0 Å². The van der Waals surface area contributed by atoms with E-state index in [4.69, 9.17) is 5.53 Å². The molecule has 0 aliphatic heterocycles. The van der Waals surface area contributed by atoms with Gasteiger partial charge in [-0.1, -0.05) is 5.11 Å². The van der Waals surface area contributed by atoms with Crippen LogP contribution in [0.3, 0.4) is 0 Å². The molecule has 3 nitrogen and oxygen atoms in total. The van der Waals surface area contributed by atoms with Crippen molar-refractivity contribution in [1.29, 1.82) is 0 Å². The molecule has 62 valence electrons. The zero-order valence-corrected chi connectivity index (χ0v) is 9.03. The van der Waals surface area contributed by atoms with E-state index in [1.54, 1.807) is 0 Å². The first kappa shape index (κ1) is 9.35. The molecule has 0 spiro atoms. The third kappa shape index (κ3) is 1.89. The van der Waals surface area contributed by atoms with Gasteiger partial charge < -0.3 is 0 Å². The Hall–Kier alpha value is -0.740. The Morgan fingerprint density at radius 1 is 1.33 bits per heavy atom. The molecule has 0 radical (unpaired) electrons. The maximum absolute atomic E-state index is 8.23. The molecule has 1 aromatic rings. The fraction of sp³-hybridized carbons (Fsp3) is 0.250. The van der Waals surface area contributed by atoms with E-state index in [1.165, 1.54) is 3.57 Å². The minimum atomic E-state index is 0.688. The van der Waals surface area contributed by atoms with Gasteiger partial charge in [0.05, 0.1) is 0 Å². The molecular formula is C8H8IN3. The van der Waals surface area contributed by atoms with Gasteiger partial charge in [-0.2, -0.15) is 0 Å². The van der Waals surface area contributed by atoms with Gasteiger partial charge in [0, 0.05) is 14.2 Å². The summed E-state index contributed by atoms with van der Waals surface area (Å²) in [7, 11) is 0. The predicted molar refractivity (Wildman–Crippen MR) is 57.4 cm³/mol. The zero-order chi connectivity index (χ0) is 9.14. The van der Waals surface area contributed by atoms with Crippen LogP contribution in [0.5, 0.6) is 0 Å². The van der Waals surface area contributed by atoms with Crippen LogP contribution in [0, 0.1) is 17.4 Å². The second-order valence-corrected chi connectivity index (χ2v) is 3.66. The van der Waals surface area contributed by atoms with E-state index in [2.05, 4.69) is 32.6 Å². The molecule has 0 bridgehead atoms. The fourth-order valence-corrected chi connectivity index (χ4v) is 1.34. The lowest BCUT2D eigenvalue weighted by atomic mass is 10.1. The smallest absolute Gasteiger partial charge is 0.0381 e. The van der Waals surface area contributed by atoms with Gasteiger partial charge >= 0.3 is 0 Å². The number of hydrogen-bond donors (Lipinski definition) is 0. The monoisotopic (exact) mass is 273 g/mol. The molecule has 0 atom stereocenters. The SMILES string of the molecule is Cc1cc(N=[N+]=[N-])cc(C)c1I. The summed E-state index contributed by atoms with van der Waals surface area (Å²) in [4.78, 5) is 2.74. The summed E-state index contributed by atoms with van der Waals surface area (Å²) in [5, 5.41) is 3.55. The third-order valence-corrected chi connectivity index (χ3v) is 3.28. The number of azide groups is 1. The minimum absolute atomic E-state index is 0.688. The Morgan fingerprint density at radius 2 is 1.83 bits per heavy atom. The third-order valence-electron chi connectivity index (χ3n) is 1.58. The van der Waals surface area contributed by atoms with Crippen molar-refractivity contribution >= 4 is 28.3 Å². The lowest BCUT2D eigenvalue weighted by Gasteiger charge is -2.03. The van der Waals surface area contributed by atoms with E-state index < -0.39 is 0 Å². The lowest BCUT2D eigenvalue weighted by Crippen LogP contribution is -1.84. The van der Waals surface area contributed by atoms with Gasteiger partial charge in [0.25, 0.3) is 0 Å². The Balaban J connectivity index is 3.30. The molecular weight excluding hydrogens is 265 g/mol. The van der Waals surface area contributed by atoms with Crippen molar-refractivity contribution in [1.82, 2.24) is 0 Å². The van der Waals surface area contributed by atoms with Crippen molar-refractivity contribution in [3.05, 3.63) is 37.3 Å². The standard InChI is InChI=1S/C8H8IN3/c1-5-3-7(11-12-10)4-6(2)8(5)9/h3-4H,1-2H3. The molecule has 12 heavy (non-hydrogen) atoms. The fourth-order valence-electron chi connectivity index (χ4n) is 1.03. The summed E-state index contributed by atoms with van der Waals surface area (Å²) in [6, 6.07) is 3.77. The Labute approximate surface area is 84.6 Å². The van der Waals surface area contributed by atoms with E-state index in [9.17, 15) is 0 Å². The maximum Gasteiger partial charge on any atom is 0.0381 e. The first-order chi connectivity index (χ1) is 5.65. The normalized spacial score (nSPS) is 9.25. The van der Waals surface area contributed by atoms with Gasteiger partial charge in [-0.05, 0) is 65.2 Å². The van der Waals surface area contributed by atoms with E-state index in [1.807, 2.05) is 26.0 Å². The molecule has 0 saturated carbocycles. The number of benzene rings is 1. The molecule has 0 aliphatic rings. The Morgan fingerprint density at radius 3 is 2.25 bits per heavy atom. The number of halogens is 1. The second-order valence-electron chi connectivity index (χ2n) is 2.58. The van der Waals surface area contributed by atoms with Crippen LogP contribution in [-0.2, 0) is 0 Å². The van der Waals surface area contributed by atoms with Gasteiger partial charge in [0.1, 0.15) is 0 Å². The zero-order valence-electron chi connectivity index (χ0n) is 6.87. The van der Waals surface area contributed by atoms with Gasteiger partial charge in [-0.3, -0.25) is 0 Å². The second kappa shape index (κ2) is 3.78. The Kier molecular flexibility index (Phi) is 2.94. The van der Waals surface area contributed by atoms with Gasteiger partial charge in [-0.15, -0.1) is 0 Å². The first-order valence-electron chi connectivity index (χ1n) is 3.47. The molecule has 0 saturated heterocycles. The first-order valence-corrected chi connectivity index (χ1v) is 4.55. The molecule has 0 unspecified atom stereocenters. The summed E-state index contributed by atoms with van der Waals surface area (Å²) in [6.07, 6.45) is 0. The Bertz CT molecular complexity index is 330. The van der Waals surface area contributed by atoms with Gasteiger partial charge in [0.2, 0.25) is 0 Å². The number of hydrogen-bond acceptors (Lipinski definition) is 1. The van der Waals surface area contributed by atoms with E-state index in [0.29, 0.717) is 5.69 Å². The molecule has 1 rings (SSSR count). The van der Waals surface area contributed by atoms with Crippen molar-refractivity contribution < 1.29 is 0 Å². The van der Waals surface area contributed by atoms with Crippen LogP contribution in [0.25, 0.3) is 10.4 Å². The summed E-state index contributed by atoms with van der Waals surface area (Å²) in [5.41, 5.74) is 11.2. The number of nitrogens with zero attached hydrogens (tertiary/aromatic N) is 3. The van der Waals surface area contributed by atoms with Crippen LogP contribution in [-0.4, -0.2) is 0 Å². The quantitative estimate of drug-likeness (QED) is 0.323. The average Bonchev–Trinajstić information content (AvgIpc) is 2.01. The molecule has 0 fully saturated rings. The molecule has 0 aromatic heterocycles. The summed E-state index contributed by atoms with van der Waals surface area (Å²) in [6.45, 7) is 4.01. The van der Waals surface area contributed by atoms with E-state index in [0.717, 1.165) is 11.1 Å². The largest absolute Gasteiger partial charge is 0.0608 e. The van der Waals surface area contributed by atoms with Gasteiger partial charge in [0.15, 0.2) is 0 Å². The van der Waals surface area contributed by atoms with Crippen LogP contribution in [0.2, 0.25) is 0 Å². The number of aryl methyl sites for hydroxylation is 2. The van der Waals surface area contributed by atoms with Crippen molar-refractivity contribution in [2.45, 2.75) is 13.8 Å². The average molecular weight is 273 g/mol. The van der Waals surface area contributed by atoms with Gasteiger partial charge in [-0.25, -0.2) is 0 Å². The minimum Gasteiger partial charge on any atom is -0.0608 e. The number of rotatable bonds is 1. The van der Waals surface area contributed by atoms with Crippen molar-refractivity contribution in [2.75, 3.05) is 0 Å². The molecule has 4 heteroatoms. The highest BCUT2D eigenvalue weighted by molar-refractivity contribution is 14.1. The van der Waals surface area contributed by atoms with Crippen molar-refractivity contribution in [3.63, 3.8) is 0 Å². The highest BCUT2D eigenvalue weighted by atomic mass is 127. The molecule has 0 heterocycles. The molecule has 0 amide bonds. The summed E-state index contributed by atoms with van der Waals surface area (Å²) < 4.78 is 1.23. The van der Waals surface area contributed by atoms with Crippen LogP contribution in [0.4, 0.5) is 5.69 Å². The van der Waals surface area contributed by atoms with Crippen LogP contribution >= 0.6 is 22.6 Å². The highest BCUT2D eigenvalue weighted by Crippen LogP contribution is 2.23. The molecule has 0 aliphatic carbocycles.